The Bertz CT molecular complexity index is 931. The first-order chi connectivity index (χ1) is 12.0. The molecule has 0 saturated heterocycles. The van der Waals surface area contributed by atoms with Crippen LogP contribution in [0.1, 0.15) is 17.7 Å². The number of rotatable bonds is 6. The number of nitrogens with zero attached hydrogens (tertiary/aromatic N) is 2. The van der Waals surface area contributed by atoms with E-state index in [0.717, 1.165) is 28.2 Å². The lowest BCUT2D eigenvalue weighted by molar-refractivity contribution is -0.136. The topological polar surface area (TPSA) is 73.1 Å². The number of fused-ring (bicyclic) bond motifs is 1. The molecule has 0 bridgehead atoms. The predicted molar refractivity (Wildman–Crippen MR) is 94.4 cm³/mol. The fraction of sp³-hybridized carbons (Fsp3) is 0.263. The molecule has 0 aliphatic rings. The number of imidazole rings is 1. The number of methoxy groups -OCH3 is 2. The molecule has 0 fully saturated rings. The highest BCUT2D eigenvalue weighted by Crippen LogP contribution is 2.34. The fourth-order valence-electron chi connectivity index (χ4n) is 2.88. The molecule has 130 valence electrons. The van der Waals surface area contributed by atoms with Crippen LogP contribution < -0.4 is 9.47 Å². The van der Waals surface area contributed by atoms with Gasteiger partial charge in [0.1, 0.15) is 5.65 Å². The highest BCUT2D eigenvalue weighted by Gasteiger charge is 2.17. The minimum absolute atomic E-state index is 0.0437. The average molecular weight is 340 g/mol. The third-order valence-corrected chi connectivity index (χ3v) is 4.10. The summed E-state index contributed by atoms with van der Waals surface area (Å²) < 4.78 is 12.6. The largest absolute Gasteiger partial charge is 0.493 e. The van der Waals surface area contributed by atoms with E-state index in [9.17, 15) is 4.79 Å². The minimum Gasteiger partial charge on any atom is -0.493 e. The van der Waals surface area contributed by atoms with Crippen LogP contribution in [0.25, 0.3) is 16.9 Å². The van der Waals surface area contributed by atoms with Gasteiger partial charge in [-0.15, -0.1) is 0 Å². The number of aromatic nitrogens is 2. The van der Waals surface area contributed by atoms with Crippen molar-refractivity contribution >= 4 is 11.6 Å². The molecular formula is C19H20N2O4. The maximum Gasteiger partial charge on any atom is 0.303 e. The van der Waals surface area contributed by atoms with Crippen molar-refractivity contribution in [2.75, 3.05) is 14.2 Å². The molecule has 3 rings (SSSR count). The van der Waals surface area contributed by atoms with Crippen LogP contribution >= 0.6 is 0 Å². The van der Waals surface area contributed by atoms with Crippen molar-refractivity contribution in [3.8, 4) is 22.8 Å². The number of carbonyl (C=O) groups is 1. The lowest BCUT2D eigenvalue weighted by Crippen LogP contribution is -2.02. The van der Waals surface area contributed by atoms with E-state index in [0.29, 0.717) is 17.9 Å². The van der Waals surface area contributed by atoms with E-state index in [1.165, 1.54) is 0 Å². The standard InChI is InChI=1S/C19H20N2O4/c1-12-4-8-17-20-19(14(21(17)11-12)6-9-18(22)23)13-5-7-15(24-2)16(10-13)25-3/h4-5,7-8,10-11H,6,9H2,1-3H3,(H,22,23). The molecule has 3 aromatic rings. The van der Waals surface area contributed by atoms with Gasteiger partial charge in [-0.1, -0.05) is 6.07 Å². The van der Waals surface area contributed by atoms with Gasteiger partial charge in [-0.3, -0.25) is 4.79 Å². The first kappa shape index (κ1) is 16.8. The third kappa shape index (κ3) is 3.28. The lowest BCUT2D eigenvalue weighted by Gasteiger charge is -2.10. The average Bonchev–Trinajstić information content (AvgIpc) is 2.96. The molecule has 0 radical (unpaired) electrons. The molecule has 0 aliphatic heterocycles. The molecule has 1 N–H and O–H groups in total. The van der Waals surface area contributed by atoms with Crippen molar-refractivity contribution in [2.45, 2.75) is 19.8 Å². The number of hydrogen-bond acceptors (Lipinski definition) is 4. The number of pyridine rings is 1. The Balaban J connectivity index is 2.17. The van der Waals surface area contributed by atoms with Crippen LogP contribution in [0.15, 0.2) is 36.5 Å². The number of carboxylic acid groups (broad SMARTS) is 1. The minimum atomic E-state index is -0.833. The Labute approximate surface area is 145 Å². The number of aliphatic carboxylic acids is 1. The normalized spacial score (nSPS) is 10.8. The molecule has 2 heterocycles. The smallest absolute Gasteiger partial charge is 0.303 e. The predicted octanol–water partition coefficient (Wildman–Crippen LogP) is 3.34. The lowest BCUT2D eigenvalue weighted by atomic mass is 10.1. The summed E-state index contributed by atoms with van der Waals surface area (Å²) in [4.78, 5) is 15.8. The van der Waals surface area contributed by atoms with Gasteiger partial charge >= 0.3 is 5.97 Å². The molecule has 1 aromatic carbocycles. The van der Waals surface area contributed by atoms with Crippen LogP contribution in [0.3, 0.4) is 0 Å². The Hall–Kier alpha value is -3.02. The van der Waals surface area contributed by atoms with Crippen molar-refractivity contribution < 1.29 is 19.4 Å². The van der Waals surface area contributed by atoms with Gasteiger partial charge in [0.15, 0.2) is 11.5 Å². The van der Waals surface area contributed by atoms with Crippen molar-refractivity contribution in [1.29, 1.82) is 0 Å². The summed E-state index contributed by atoms with van der Waals surface area (Å²) in [6.07, 6.45) is 2.41. The van der Waals surface area contributed by atoms with Crippen LogP contribution in [0.4, 0.5) is 0 Å². The van der Waals surface area contributed by atoms with Crippen LogP contribution in [0.2, 0.25) is 0 Å². The molecule has 0 amide bonds. The molecule has 0 unspecified atom stereocenters. The van der Waals surface area contributed by atoms with Gasteiger partial charge in [0.2, 0.25) is 0 Å². The summed E-state index contributed by atoms with van der Waals surface area (Å²) in [6.45, 7) is 2.00. The zero-order valence-electron chi connectivity index (χ0n) is 14.4. The number of ether oxygens (including phenoxy) is 2. The van der Waals surface area contributed by atoms with E-state index >= 15 is 0 Å². The van der Waals surface area contributed by atoms with Crippen LogP contribution in [-0.2, 0) is 11.2 Å². The van der Waals surface area contributed by atoms with E-state index in [1.807, 2.05) is 47.9 Å². The fourth-order valence-corrected chi connectivity index (χ4v) is 2.88. The molecule has 6 heteroatoms. The van der Waals surface area contributed by atoms with Gasteiger partial charge < -0.3 is 19.0 Å². The Kier molecular flexibility index (Phi) is 4.61. The zero-order chi connectivity index (χ0) is 18.0. The van der Waals surface area contributed by atoms with E-state index in [2.05, 4.69) is 0 Å². The van der Waals surface area contributed by atoms with Gasteiger partial charge in [-0.2, -0.15) is 0 Å². The zero-order valence-corrected chi connectivity index (χ0v) is 14.4. The molecule has 25 heavy (non-hydrogen) atoms. The summed E-state index contributed by atoms with van der Waals surface area (Å²) in [5, 5.41) is 9.08. The van der Waals surface area contributed by atoms with E-state index in [1.54, 1.807) is 14.2 Å². The van der Waals surface area contributed by atoms with Crippen LogP contribution in [0.5, 0.6) is 11.5 Å². The van der Waals surface area contributed by atoms with Gasteiger partial charge in [0, 0.05) is 18.2 Å². The van der Waals surface area contributed by atoms with Gasteiger partial charge in [0.05, 0.1) is 32.0 Å². The highest BCUT2D eigenvalue weighted by molar-refractivity contribution is 5.71. The summed E-state index contributed by atoms with van der Waals surface area (Å²) in [7, 11) is 3.17. The Morgan fingerprint density at radius 1 is 1.16 bits per heavy atom. The molecule has 0 aliphatic carbocycles. The maximum absolute atomic E-state index is 11.1. The van der Waals surface area contributed by atoms with Crippen molar-refractivity contribution in [1.82, 2.24) is 9.38 Å². The second kappa shape index (κ2) is 6.84. The van der Waals surface area contributed by atoms with Crippen molar-refractivity contribution in [3.05, 3.63) is 47.8 Å². The second-order valence-corrected chi connectivity index (χ2v) is 5.81. The van der Waals surface area contributed by atoms with E-state index in [4.69, 9.17) is 19.6 Å². The summed E-state index contributed by atoms with van der Waals surface area (Å²) in [6, 6.07) is 9.51. The van der Waals surface area contributed by atoms with Gasteiger partial charge in [-0.05, 0) is 36.8 Å². The second-order valence-electron chi connectivity index (χ2n) is 5.81. The molecule has 0 spiro atoms. The number of aryl methyl sites for hydroxylation is 2. The summed E-state index contributed by atoms with van der Waals surface area (Å²) in [5.41, 5.74) is 4.36. The van der Waals surface area contributed by atoms with Gasteiger partial charge in [0.25, 0.3) is 0 Å². The molecular weight excluding hydrogens is 320 g/mol. The van der Waals surface area contributed by atoms with Gasteiger partial charge in [-0.25, -0.2) is 4.98 Å². The first-order valence-electron chi connectivity index (χ1n) is 7.95. The SMILES string of the molecule is COc1ccc(-c2nc3ccc(C)cn3c2CCC(=O)O)cc1OC. The number of benzene rings is 1. The molecule has 0 atom stereocenters. The van der Waals surface area contributed by atoms with Crippen LogP contribution in [0, 0.1) is 6.92 Å². The summed E-state index contributed by atoms with van der Waals surface area (Å²) >= 11 is 0. The third-order valence-electron chi connectivity index (χ3n) is 4.10. The van der Waals surface area contributed by atoms with Crippen molar-refractivity contribution in [2.24, 2.45) is 0 Å². The van der Waals surface area contributed by atoms with Crippen LogP contribution in [-0.4, -0.2) is 34.7 Å². The Morgan fingerprint density at radius 3 is 2.60 bits per heavy atom. The molecule has 0 saturated carbocycles. The Morgan fingerprint density at radius 2 is 1.92 bits per heavy atom. The highest BCUT2D eigenvalue weighted by atomic mass is 16.5. The van der Waals surface area contributed by atoms with E-state index < -0.39 is 5.97 Å². The maximum atomic E-state index is 11.1. The van der Waals surface area contributed by atoms with E-state index in [-0.39, 0.29) is 6.42 Å². The van der Waals surface area contributed by atoms with Crippen molar-refractivity contribution in [3.63, 3.8) is 0 Å². The number of carboxylic acids is 1. The quantitative estimate of drug-likeness (QED) is 0.745. The summed E-state index contributed by atoms with van der Waals surface area (Å²) in [5.74, 6) is 0.413. The number of hydrogen-bond donors (Lipinski definition) is 1. The molecule has 2 aromatic heterocycles. The first-order valence-corrected chi connectivity index (χ1v) is 7.95. The monoisotopic (exact) mass is 340 g/mol. The molecule has 6 nitrogen and oxygen atoms in total.